The fourth-order valence-electron chi connectivity index (χ4n) is 2.66. The highest BCUT2D eigenvalue weighted by Crippen LogP contribution is 2.50. The fraction of sp³-hybridized carbons (Fsp3) is 0.889. The van der Waals surface area contributed by atoms with Gasteiger partial charge in [0, 0.05) is 23.9 Å². The third-order valence-corrected chi connectivity index (χ3v) is 8.32. The van der Waals surface area contributed by atoms with E-state index in [9.17, 15) is 9.13 Å². The van der Waals surface area contributed by atoms with Gasteiger partial charge in [-0.05, 0) is 37.3 Å². The Balaban J connectivity index is 1.47. The highest BCUT2D eigenvalue weighted by Gasteiger charge is 2.38. The number of rotatable bonds is 9. The van der Waals surface area contributed by atoms with E-state index in [-0.39, 0.29) is 21.1 Å². The van der Waals surface area contributed by atoms with Gasteiger partial charge in [0.15, 0.2) is 10.2 Å². The summed E-state index contributed by atoms with van der Waals surface area (Å²) in [6.07, 6.45) is 3.76. The second kappa shape index (κ2) is 11.9. The van der Waals surface area contributed by atoms with Gasteiger partial charge in [-0.1, -0.05) is 40.5 Å². The lowest BCUT2D eigenvalue weighted by atomic mass is 9.97. The van der Waals surface area contributed by atoms with E-state index in [2.05, 4.69) is 20.8 Å². The van der Waals surface area contributed by atoms with Crippen molar-refractivity contribution < 1.29 is 27.2 Å². The van der Waals surface area contributed by atoms with E-state index in [1.165, 1.54) is 0 Å². The van der Waals surface area contributed by atoms with E-state index in [0.717, 1.165) is 25.7 Å². The summed E-state index contributed by atoms with van der Waals surface area (Å²) in [7, 11) is -6.74. The van der Waals surface area contributed by atoms with Crippen molar-refractivity contribution in [2.75, 3.05) is 39.5 Å². The average Bonchev–Trinajstić information content (AvgIpc) is 2.69. The van der Waals surface area contributed by atoms with Crippen LogP contribution in [0.4, 0.5) is 0 Å². The van der Waals surface area contributed by atoms with Crippen LogP contribution < -0.4 is 20.8 Å². The Kier molecular flexibility index (Phi) is 10.4. The molecule has 0 amide bonds. The van der Waals surface area contributed by atoms with E-state index in [4.69, 9.17) is 42.5 Å². The standard InChI is InChI=1S/C18H36N4O6P2S2/c1-17(2)11-25-29(23,26-12-17)21-15(31)19-9-7-5-6-8-10-20-16(32)22-30(24)27-13-18(3,4)14-28-30/h5-14H2,1-4H3,(H2,19,21,23,31)(H2,20,22,24,32). The van der Waals surface area contributed by atoms with Gasteiger partial charge in [0.2, 0.25) is 0 Å². The minimum atomic E-state index is -3.37. The molecule has 4 N–H and O–H groups in total. The molecule has 0 bridgehead atoms. The van der Waals surface area contributed by atoms with E-state index in [1.807, 2.05) is 27.7 Å². The van der Waals surface area contributed by atoms with Crippen LogP contribution in [0.5, 0.6) is 0 Å². The number of hydrogen-bond acceptors (Lipinski definition) is 8. The number of nitrogens with one attached hydrogen (secondary N) is 4. The van der Waals surface area contributed by atoms with E-state index in [1.54, 1.807) is 0 Å². The zero-order valence-electron chi connectivity index (χ0n) is 19.2. The topological polar surface area (TPSA) is 119 Å². The van der Waals surface area contributed by atoms with Gasteiger partial charge in [-0.3, -0.25) is 28.3 Å². The maximum absolute atomic E-state index is 12.4. The van der Waals surface area contributed by atoms with Gasteiger partial charge in [0.1, 0.15) is 0 Å². The maximum atomic E-state index is 12.4. The summed E-state index contributed by atoms with van der Waals surface area (Å²) in [5.41, 5.74) is -0.322. The van der Waals surface area contributed by atoms with E-state index in [0.29, 0.717) is 39.5 Å². The van der Waals surface area contributed by atoms with Crippen LogP contribution in [0.1, 0.15) is 53.4 Å². The molecule has 0 aromatic carbocycles. The van der Waals surface area contributed by atoms with Crippen molar-refractivity contribution >= 4 is 50.2 Å². The predicted molar refractivity (Wildman–Crippen MR) is 133 cm³/mol. The molecule has 0 aromatic rings. The summed E-state index contributed by atoms with van der Waals surface area (Å²) in [5, 5.41) is 11.9. The van der Waals surface area contributed by atoms with E-state index >= 15 is 0 Å². The molecule has 0 spiro atoms. The van der Waals surface area contributed by atoms with Crippen LogP contribution in [0.25, 0.3) is 0 Å². The Morgan fingerprint density at radius 1 is 0.688 bits per heavy atom. The van der Waals surface area contributed by atoms with Crippen molar-refractivity contribution in [1.82, 2.24) is 20.8 Å². The van der Waals surface area contributed by atoms with E-state index < -0.39 is 15.5 Å². The molecule has 0 aliphatic carbocycles. The van der Waals surface area contributed by atoms with Gasteiger partial charge >= 0.3 is 15.5 Å². The number of unbranched alkanes of at least 4 members (excludes halogenated alkanes) is 3. The Morgan fingerprint density at radius 3 is 1.31 bits per heavy atom. The van der Waals surface area contributed by atoms with Gasteiger partial charge in [-0.25, -0.2) is 9.13 Å². The second-order valence-electron chi connectivity index (χ2n) is 9.57. The highest BCUT2D eigenvalue weighted by molar-refractivity contribution is 7.81. The molecule has 2 aliphatic rings. The smallest absolute Gasteiger partial charge is 0.362 e. The van der Waals surface area contributed by atoms with Crippen molar-refractivity contribution in [3.63, 3.8) is 0 Å². The van der Waals surface area contributed by atoms with Crippen LogP contribution in [-0.2, 0) is 27.2 Å². The minimum absolute atomic E-state index is 0.161. The lowest BCUT2D eigenvalue weighted by molar-refractivity contribution is 0.0391. The molecule has 10 nitrogen and oxygen atoms in total. The Labute approximate surface area is 201 Å². The summed E-state index contributed by atoms with van der Waals surface area (Å²) < 4.78 is 46.2. The second-order valence-corrected chi connectivity index (χ2v) is 13.9. The number of thiocarbonyl (C=S) groups is 2. The summed E-state index contributed by atoms with van der Waals surface area (Å²) in [6, 6.07) is 0. The third kappa shape index (κ3) is 10.3. The summed E-state index contributed by atoms with van der Waals surface area (Å²) in [5.74, 6) is 0. The molecular weight excluding hydrogens is 494 g/mol. The summed E-state index contributed by atoms with van der Waals surface area (Å²) in [4.78, 5) is 0. The Bertz CT molecular complexity index is 678. The van der Waals surface area contributed by atoms with Crippen molar-refractivity contribution in [2.24, 2.45) is 10.8 Å². The molecule has 2 aliphatic heterocycles. The number of hydrogen-bond donors (Lipinski definition) is 4. The van der Waals surface area contributed by atoms with Gasteiger partial charge < -0.3 is 10.6 Å². The third-order valence-electron chi connectivity index (χ3n) is 4.65. The molecule has 14 heteroatoms. The highest BCUT2D eigenvalue weighted by atomic mass is 32.1. The largest absolute Gasteiger partial charge is 0.434 e. The first-order valence-electron chi connectivity index (χ1n) is 10.7. The first-order chi connectivity index (χ1) is 14.8. The average molecular weight is 531 g/mol. The molecule has 2 rings (SSSR count). The summed E-state index contributed by atoms with van der Waals surface area (Å²) >= 11 is 10.3. The van der Waals surface area contributed by atoms with Gasteiger partial charge in [0.25, 0.3) is 0 Å². The molecule has 0 saturated carbocycles. The van der Waals surface area contributed by atoms with Crippen molar-refractivity contribution in [2.45, 2.75) is 53.4 Å². The van der Waals surface area contributed by atoms with Crippen LogP contribution in [0, 0.1) is 10.8 Å². The first kappa shape index (κ1) is 27.9. The molecule has 2 fully saturated rings. The normalized spacial score (nSPS) is 23.0. The lowest BCUT2D eigenvalue weighted by Crippen LogP contribution is -2.39. The fourth-order valence-corrected chi connectivity index (χ4v) is 6.68. The van der Waals surface area contributed by atoms with Crippen molar-refractivity contribution in [3.8, 4) is 0 Å². The van der Waals surface area contributed by atoms with Crippen LogP contribution in [0.3, 0.4) is 0 Å². The Hall–Kier alpha value is -0.320. The molecule has 0 atom stereocenters. The van der Waals surface area contributed by atoms with Crippen LogP contribution in [-0.4, -0.2) is 49.7 Å². The molecule has 186 valence electrons. The van der Waals surface area contributed by atoms with Crippen molar-refractivity contribution in [1.29, 1.82) is 0 Å². The maximum Gasteiger partial charge on any atom is 0.434 e. The molecule has 0 unspecified atom stereocenters. The molecule has 2 heterocycles. The summed E-state index contributed by atoms with van der Waals surface area (Å²) in [6.45, 7) is 10.6. The van der Waals surface area contributed by atoms with Crippen LogP contribution >= 0.6 is 39.9 Å². The minimum Gasteiger partial charge on any atom is -0.362 e. The zero-order valence-corrected chi connectivity index (χ0v) is 22.7. The lowest BCUT2D eigenvalue weighted by Gasteiger charge is -2.34. The van der Waals surface area contributed by atoms with Gasteiger partial charge in [-0.15, -0.1) is 0 Å². The molecule has 2 saturated heterocycles. The molecule has 0 radical (unpaired) electrons. The molecule has 0 aromatic heterocycles. The predicted octanol–water partition coefficient (Wildman–Crippen LogP) is 3.84. The Morgan fingerprint density at radius 2 is 1.00 bits per heavy atom. The van der Waals surface area contributed by atoms with Gasteiger partial charge in [-0.2, -0.15) is 0 Å². The quantitative estimate of drug-likeness (QED) is 0.197. The van der Waals surface area contributed by atoms with Gasteiger partial charge in [0.05, 0.1) is 26.4 Å². The zero-order chi connectivity index (χ0) is 23.9. The van der Waals surface area contributed by atoms with Crippen LogP contribution in [0.15, 0.2) is 0 Å². The molecular formula is C18H36N4O6P2S2. The van der Waals surface area contributed by atoms with Crippen molar-refractivity contribution in [3.05, 3.63) is 0 Å². The SMILES string of the molecule is CC1(C)COP(=O)(NC(=S)NCCCCCCNC(=S)NP2(=O)OCC(C)(C)CO2)OC1. The monoisotopic (exact) mass is 530 g/mol. The van der Waals surface area contributed by atoms with Crippen LogP contribution in [0.2, 0.25) is 0 Å². The first-order valence-corrected chi connectivity index (χ1v) is 14.6. The molecule has 32 heavy (non-hydrogen) atoms.